The van der Waals surface area contributed by atoms with E-state index in [0.29, 0.717) is 18.5 Å². The molecule has 0 aliphatic carbocycles. The molecule has 25 heavy (non-hydrogen) atoms. The molecule has 2 rings (SSSR count). The molecule has 1 heterocycles. The van der Waals surface area contributed by atoms with Crippen LogP contribution in [-0.2, 0) is 6.42 Å². The van der Waals surface area contributed by atoms with Crippen LogP contribution < -0.4 is 10.6 Å². The molecule has 0 bridgehead atoms. The molecule has 1 amide bonds. The van der Waals surface area contributed by atoms with Crippen molar-refractivity contribution >= 4 is 11.7 Å². The van der Waals surface area contributed by atoms with E-state index in [0.717, 1.165) is 30.9 Å². The van der Waals surface area contributed by atoms with Gasteiger partial charge < -0.3 is 15.5 Å². The first-order valence-corrected chi connectivity index (χ1v) is 8.42. The van der Waals surface area contributed by atoms with Gasteiger partial charge in [0.15, 0.2) is 0 Å². The summed E-state index contributed by atoms with van der Waals surface area (Å²) in [6.07, 6.45) is 3.26. The quantitative estimate of drug-likeness (QED) is 0.687. The molecule has 0 fully saturated rings. The van der Waals surface area contributed by atoms with Gasteiger partial charge in [0.25, 0.3) is 5.91 Å². The van der Waals surface area contributed by atoms with E-state index in [1.807, 2.05) is 20.2 Å². The van der Waals surface area contributed by atoms with Crippen LogP contribution in [-0.4, -0.2) is 49.5 Å². The Morgan fingerprint density at radius 2 is 1.88 bits per heavy atom. The third kappa shape index (κ3) is 6.89. The topological polar surface area (TPSA) is 57.3 Å². The predicted octanol–water partition coefficient (Wildman–Crippen LogP) is 2.56. The fraction of sp³-hybridized carbons (Fsp3) is 0.368. The van der Waals surface area contributed by atoms with Gasteiger partial charge in [-0.15, -0.1) is 0 Å². The minimum atomic E-state index is -0.255. The fourth-order valence-corrected chi connectivity index (χ4v) is 2.32. The van der Waals surface area contributed by atoms with Crippen molar-refractivity contribution < 1.29 is 9.18 Å². The summed E-state index contributed by atoms with van der Waals surface area (Å²) in [5.74, 6) is 0.352. The van der Waals surface area contributed by atoms with Crippen molar-refractivity contribution in [2.24, 2.45) is 0 Å². The minimum absolute atomic E-state index is 0.159. The molecule has 0 aliphatic rings. The van der Waals surface area contributed by atoms with Crippen molar-refractivity contribution in [2.75, 3.05) is 39.0 Å². The standard InChI is InChI=1S/C19H25FN4O/c1-24(2)13-3-11-21-18-9-6-16(14-23-18)19(25)22-12-10-15-4-7-17(20)8-5-15/h4-9,14H,3,10-13H2,1-2H3,(H,21,23)(H,22,25). The number of anilines is 1. The highest BCUT2D eigenvalue weighted by molar-refractivity contribution is 5.94. The van der Waals surface area contributed by atoms with Crippen LogP contribution in [0.2, 0.25) is 0 Å². The van der Waals surface area contributed by atoms with Crippen molar-refractivity contribution in [3.05, 3.63) is 59.5 Å². The molecule has 0 atom stereocenters. The van der Waals surface area contributed by atoms with Gasteiger partial charge in [0.05, 0.1) is 5.56 Å². The second-order valence-electron chi connectivity index (χ2n) is 6.15. The molecule has 134 valence electrons. The zero-order chi connectivity index (χ0) is 18.1. The van der Waals surface area contributed by atoms with Gasteiger partial charge in [-0.1, -0.05) is 12.1 Å². The molecule has 1 aromatic carbocycles. The molecule has 0 aliphatic heterocycles. The van der Waals surface area contributed by atoms with E-state index in [2.05, 4.69) is 20.5 Å². The highest BCUT2D eigenvalue weighted by atomic mass is 19.1. The van der Waals surface area contributed by atoms with Gasteiger partial charge >= 0.3 is 0 Å². The maximum atomic E-state index is 12.8. The zero-order valence-electron chi connectivity index (χ0n) is 14.8. The summed E-state index contributed by atoms with van der Waals surface area (Å²) < 4.78 is 12.8. The molecule has 2 N–H and O–H groups in total. The summed E-state index contributed by atoms with van der Waals surface area (Å²) in [7, 11) is 4.09. The van der Waals surface area contributed by atoms with Crippen molar-refractivity contribution in [3.8, 4) is 0 Å². The molecule has 5 nitrogen and oxygen atoms in total. The summed E-state index contributed by atoms with van der Waals surface area (Å²) in [5.41, 5.74) is 1.51. The van der Waals surface area contributed by atoms with Crippen molar-refractivity contribution in [2.45, 2.75) is 12.8 Å². The van der Waals surface area contributed by atoms with E-state index >= 15 is 0 Å². The van der Waals surface area contributed by atoms with Gasteiger partial charge in [-0.3, -0.25) is 4.79 Å². The van der Waals surface area contributed by atoms with Gasteiger partial charge in [0.1, 0.15) is 11.6 Å². The summed E-state index contributed by atoms with van der Waals surface area (Å²) >= 11 is 0. The Labute approximate surface area is 148 Å². The number of halogens is 1. The third-order valence-corrected chi connectivity index (χ3v) is 3.73. The number of benzene rings is 1. The second kappa shape index (κ2) is 9.74. The Morgan fingerprint density at radius 1 is 1.12 bits per heavy atom. The summed E-state index contributed by atoms with van der Waals surface area (Å²) in [6.45, 7) is 2.35. The number of hydrogen-bond donors (Lipinski definition) is 2. The number of aromatic nitrogens is 1. The first-order chi connectivity index (χ1) is 12.0. The predicted molar refractivity (Wildman–Crippen MR) is 98.3 cm³/mol. The Balaban J connectivity index is 1.73. The average Bonchev–Trinajstić information content (AvgIpc) is 2.61. The Bertz CT molecular complexity index is 656. The van der Waals surface area contributed by atoms with E-state index in [1.165, 1.54) is 12.1 Å². The number of nitrogens with one attached hydrogen (secondary N) is 2. The van der Waals surface area contributed by atoms with Gasteiger partial charge in [-0.2, -0.15) is 0 Å². The first kappa shape index (κ1) is 18.9. The van der Waals surface area contributed by atoms with Gasteiger partial charge in [-0.05, 0) is 63.3 Å². The lowest BCUT2D eigenvalue weighted by Crippen LogP contribution is -2.25. The van der Waals surface area contributed by atoms with Crippen LogP contribution in [0.5, 0.6) is 0 Å². The van der Waals surface area contributed by atoms with Gasteiger partial charge in [0, 0.05) is 19.3 Å². The van der Waals surface area contributed by atoms with Crippen molar-refractivity contribution in [1.29, 1.82) is 0 Å². The van der Waals surface area contributed by atoms with E-state index in [1.54, 1.807) is 24.4 Å². The van der Waals surface area contributed by atoms with Crippen LogP contribution in [0.15, 0.2) is 42.6 Å². The monoisotopic (exact) mass is 344 g/mol. The largest absolute Gasteiger partial charge is 0.370 e. The smallest absolute Gasteiger partial charge is 0.252 e. The summed E-state index contributed by atoms with van der Waals surface area (Å²) in [6, 6.07) is 9.86. The molecule has 0 unspecified atom stereocenters. The average molecular weight is 344 g/mol. The summed E-state index contributed by atoms with van der Waals surface area (Å²) in [4.78, 5) is 18.5. The number of carbonyl (C=O) groups excluding carboxylic acids is 1. The maximum Gasteiger partial charge on any atom is 0.252 e. The minimum Gasteiger partial charge on any atom is -0.370 e. The van der Waals surface area contributed by atoms with Crippen LogP contribution in [0.4, 0.5) is 10.2 Å². The lowest BCUT2D eigenvalue weighted by atomic mass is 10.1. The van der Waals surface area contributed by atoms with E-state index in [-0.39, 0.29) is 11.7 Å². The lowest BCUT2D eigenvalue weighted by molar-refractivity contribution is 0.0954. The molecular formula is C19H25FN4O. The number of hydrogen-bond acceptors (Lipinski definition) is 4. The molecule has 0 spiro atoms. The number of rotatable bonds is 9. The second-order valence-corrected chi connectivity index (χ2v) is 6.15. The van der Waals surface area contributed by atoms with Crippen LogP contribution in [0.3, 0.4) is 0 Å². The zero-order valence-corrected chi connectivity index (χ0v) is 14.8. The Morgan fingerprint density at radius 3 is 2.52 bits per heavy atom. The number of pyridine rings is 1. The molecule has 0 saturated heterocycles. The first-order valence-electron chi connectivity index (χ1n) is 8.42. The summed E-state index contributed by atoms with van der Waals surface area (Å²) in [5, 5.41) is 6.08. The van der Waals surface area contributed by atoms with Crippen LogP contribution in [0, 0.1) is 5.82 Å². The number of nitrogens with zero attached hydrogens (tertiary/aromatic N) is 2. The van der Waals surface area contributed by atoms with Crippen LogP contribution >= 0.6 is 0 Å². The normalized spacial score (nSPS) is 10.7. The van der Waals surface area contributed by atoms with E-state index in [4.69, 9.17) is 0 Å². The molecule has 0 saturated carbocycles. The van der Waals surface area contributed by atoms with Crippen LogP contribution in [0.1, 0.15) is 22.3 Å². The molecule has 2 aromatic rings. The van der Waals surface area contributed by atoms with Crippen LogP contribution in [0.25, 0.3) is 0 Å². The van der Waals surface area contributed by atoms with Crippen molar-refractivity contribution in [1.82, 2.24) is 15.2 Å². The highest BCUT2D eigenvalue weighted by Crippen LogP contribution is 2.06. The third-order valence-electron chi connectivity index (χ3n) is 3.73. The van der Waals surface area contributed by atoms with E-state index < -0.39 is 0 Å². The molecular weight excluding hydrogens is 319 g/mol. The van der Waals surface area contributed by atoms with Gasteiger partial charge in [-0.25, -0.2) is 9.37 Å². The van der Waals surface area contributed by atoms with Gasteiger partial charge in [0.2, 0.25) is 0 Å². The van der Waals surface area contributed by atoms with Crippen molar-refractivity contribution in [3.63, 3.8) is 0 Å². The molecule has 1 aromatic heterocycles. The number of carbonyl (C=O) groups is 1. The highest BCUT2D eigenvalue weighted by Gasteiger charge is 2.06. The molecule has 0 radical (unpaired) electrons. The van der Waals surface area contributed by atoms with E-state index in [9.17, 15) is 9.18 Å². The number of amides is 1. The maximum absolute atomic E-state index is 12.8. The lowest BCUT2D eigenvalue weighted by Gasteiger charge is -2.10. The Hall–Kier alpha value is -2.47. The molecule has 6 heteroatoms. The fourth-order valence-electron chi connectivity index (χ4n) is 2.32. The Kier molecular flexibility index (Phi) is 7.35. The SMILES string of the molecule is CN(C)CCCNc1ccc(C(=O)NCCc2ccc(F)cc2)cn1.